The first-order chi connectivity index (χ1) is 46.5. The first-order valence-corrected chi connectivity index (χ1v) is 40.9. The van der Waals surface area contributed by atoms with E-state index in [2.05, 4.69) is 28.9 Å². The standard InChI is InChI=1S/C71H107ClF2N5O14PS3/c1-7-10-12-14-16-18-20-22-24-26-28-30-32-34-63(62(54-92-94(85,86)91-45-44-79(4,5)6)76-64(80)35-33-31-29-27-25-23-21-19-17-15-13-11-8-2)93-66(82)43-42-65(81)89-46-48-95-96-49-47-90-71(84)78-53-59(58-51-56(52-75-70(58)78)55-36-38-57(72)39-37-55)69(83)67-60(73)40-41-61(68(67)74)77-97(87,88)50-9-3/h32,34,36-41,51-53,62-63,77H,7-31,33,35,42-50,54H2,1-6H3,(H-,76,80,85,86)/p+1/b34-32+/t62-,63+/m0/s1. The molecular weight excluding hydrogens is 1350 g/mol. The number of phosphoric ester groups is 1. The minimum Gasteiger partial charge on any atom is -0.465 e. The van der Waals surface area contributed by atoms with Crippen LogP contribution in [0, 0.1) is 11.6 Å². The largest absolute Gasteiger partial charge is 0.472 e. The number of ketones is 1. The maximum Gasteiger partial charge on any atom is 0.472 e. The van der Waals surface area contributed by atoms with Crippen molar-refractivity contribution in [1.29, 1.82) is 0 Å². The van der Waals surface area contributed by atoms with E-state index in [0.29, 0.717) is 45.8 Å². The molecule has 1 amide bonds. The third kappa shape index (κ3) is 34.8. The number of pyridine rings is 1. The topological polar surface area (TPSA) is 245 Å². The quantitative estimate of drug-likeness (QED) is 0.00544. The van der Waals surface area contributed by atoms with Gasteiger partial charge in [-0.25, -0.2) is 36.1 Å². The molecule has 0 aliphatic rings. The molecule has 26 heteroatoms. The number of benzene rings is 2. The molecule has 2 aromatic carbocycles. The molecule has 2 aromatic heterocycles. The van der Waals surface area contributed by atoms with E-state index in [-0.39, 0.29) is 79.5 Å². The highest BCUT2D eigenvalue weighted by molar-refractivity contribution is 8.76. The number of allylic oxidation sites excluding steroid dienone is 1. The average molecular weight is 1460 g/mol. The van der Waals surface area contributed by atoms with E-state index in [4.69, 9.17) is 34.9 Å². The maximum atomic E-state index is 16.0. The van der Waals surface area contributed by atoms with Crippen LogP contribution in [0.25, 0.3) is 22.2 Å². The minimum absolute atomic E-state index is 0.0248. The van der Waals surface area contributed by atoms with Crippen LogP contribution in [0.3, 0.4) is 0 Å². The molecule has 97 heavy (non-hydrogen) atoms. The van der Waals surface area contributed by atoms with Gasteiger partial charge < -0.3 is 28.9 Å². The summed E-state index contributed by atoms with van der Waals surface area (Å²) in [5, 5.41) is 3.43. The van der Waals surface area contributed by atoms with Crippen molar-refractivity contribution in [3.05, 3.63) is 94.8 Å². The summed E-state index contributed by atoms with van der Waals surface area (Å²) in [5.74, 6) is -5.44. The Balaban J connectivity index is 1.34. The highest BCUT2D eigenvalue weighted by Gasteiger charge is 2.32. The molecule has 2 heterocycles. The fraction of sp³-hybridized carbons (Fsp3) is 0.634. The molecule has 0 aliphatic carbocycles. The summed E-state index contributed by atoms with van der Waals surface area (Å²) < 4.78 is 101. The van der Waals surface area contributed by atoms with Crippen LogP contribution < -0.4 is 10.0 Å². The molecular formula is C71H108ClF2N5O14PS3+. The second-order valence-electron chi connectivity index (χ2n) is 25.5. The summed E-state index contributed by atoms with van der Waals surface area (Å²) in [7, 11) is -0.298. The number of anilines is 1. The van der Waals surface area contributed by atoms with Crippen molar-refractivity contribution in [2.24, 2.45) is 0 Å². The van der Waals surface area contributed by atoms with Crippen LogP contribution in [0.4, 0.5) is 19.3 Å². The molecule has 0 bridgehead atoms. The van der Waals surface area contributed by atoms with Crippen molar-refractivity contribution in [1.82, 2.24) is 14.9 Å². The Morgan fingerprint density at radius 1 is 0.701 bits per heavy atom. The number of amides is 1. The third-order valence-corrected chi connectivity index (χ3v) is 21.1. The molecule has 544 valence electrons. The number of hydrogen-bond donors (Lipinski definition) is 3. The Morgan fingerprint density at radius 2 is 1.26 bits per heavy atom. The number of carbonyl (C=O) groups is 5. The molecule has 0 saturated heterocycles. The summed E-state index contributed by atoms with van der Waals surface area (Å²) >= 11 is 6.11. The van der Waals surface area contributed by atoms with E-state index in [1.54, 1.807) is 37.3 Å². The van der Waals surface area contributed by atoms with Crippen molar-refractivity contribution in [2.75, 3.05) is 76.1 Å². The fourth-order valence-electron chi connectivity index (χ4n) is 10.6. The lowest BCUT2D eigenvalue weighted by atomic mass is 10.00. The van der Waals surface area contributed by atoms with Gasteiger partial charge in [0.05, 0.1) is 69.2 Å². The van der Waals surface area contributed by atoms with Gasteiger partial charge in [-0.3, -0.25) is 32.9 Å². The molecule has 19 nitrogen and oxygen atoms in total. The molecule has 0 saturated carbocycles. The summed E-state index contributed by atoms with van der Waals surface area (Å²) in [5.41, 5.74) is -0.964. The predicted molar refractivity (Wildman–Crippen MR) is 386 cm³/mol. The molecule has 1 unspecified atom stereocenters. The van der Waals surface area contributed by atoms with Gasteiger partial charge in [-0.15, -0.1) is 0 Å². The number of hydrogen-bond acceptors (Lipinski definition) is 16. The van der Waals surface area contributed by atoms with Crippen molar-refractivity contribution < 1.29 is 78.4 Å². The van der Waals surface area contributed by atoms with Crippen LogP contribution in [0.5, 0.6) is 0 Å². The number of sulfonamides is 1. The summed E-state index contributed by atoms with van der Waals surface area (Å²) in [6.45, 7) is 5.73. The Bertz CT molecular complexity index is 3210. The molecule has 4 aromatic rings. The number of ether oxygens (including phenoxy) is 3. The molecule has 3 atom stereocenters. The number of quaternary nitrogens is 1. The SMILES string of the molecule is CCCCCCCCCCCCC/C=C/[C@@H](OC(=O)CCC(=O)OCCSSCCOC(=O)n1cc(C(=O)c2c(F)ccc(NS(=O)(=O)CCC)c2F)c2cc(-c3ccc(Cl)cc3)cnc21)[C@H](COP(=O)(O)OCC[N+](C)(C)C)NC(=O)CCCCCCCCCCCCCCC. The monoisotopic (exact) mass is 1450 g/mol. The number of phosphoric acid groups is 1. The highest BCUT2D eigenvalue weighted by Crippen LogP contribution is 2.43. The first-order valence-electron chi connectivity index (χ1n) is 34.9. The van der Waals surface area contributed by atoms with Crippen LogP contribution in [0.1, 0.15) is 223 Å². The summed E-state index contributed by atoms with van der Waals surface area (Å²) in [6.07, 6.45) is 32.2. The number of aromatic nitrogens is 2. The van der Waals surface area contributed by atoms with Gasteiger partial charge in [0.15, 0.2) is 5.82 Å². The number of carbonyl (C=O) groups excluding carboxylic acids is 5. The number of nitrogens with zero attached hydrogens (tertiary/aromatic N) is 3. The van der Waals surface area contributed by atoms with Crippen molar-refractivity contribution in [2.45, 2.75) is 219 Å². The van der Waals surface area contributed by atoms with Crippen molar-refractivity contribution in [3.8, 4) is 11.1 Å². The zero-order valence-electron chi connectivity index (χ0n) is 58.1. The van der Waals surface area contributed by atoms with Crippen LogP contribution >= 0.6 is 41.0 Å². The second kappa shape index (κ2) is 47.2. The van der Waals surface area contributed by atoms with E-state index >= 15 is 8.78 Å². The normalized spacial score (nSPS) is 13.2. The van der Waals surface area contributed by atoms with Crippen molar-refractivity contribution >= 4 is 97.5 Å². The average Bonchev–Trinajstić information content (AvgIpc) is 1.65. The molecule has 4 rings (SSSR count). The van der Waals surface area contributed by atoms with E-state index in [1.165, 1.54) is 130 Å². The predicted octanol–water partition coefficient (Wildman–Crippen LogP) is 17.7. The first kappa shape index (κ1) is 84.5. The fourth-order valence-corrected chi connectivity index (χ4v) is 14.2. The minimum atomic E-state index is -4.62. The Kier molecular flexibility index (Phi) is 41.2. The molecule has 0 spiro atoms. The number of unbranched alkanes of at least 4 members (excludes halogenated alkanes) is 23. The van der Waals surface area contributed by atoms with Gasteiger partial charge in [0, 0.05) is 46.3 Å². The van der Waals surface area contributed by atoms with Gasteiger partial charge in [0.25, 0.3) is 0 Å². The number of fused-ring (bicyclic) bond motifs is 1. The van der Waals surface area contributed by atoms with Gasteiger partial charge in [-0.05, 0) is 67.7 Å². The van der Waals surface area contributed by atoms with Gasteiger partial charge in [-0.1, -0.05) is 213 Å². The summed E-state index contributed by atoms with van der Waals surface area (Å²) in [6, 6.07) is 8.76. The number of nitrogens with one attached hydrogen (secondary N) is 2. The molecule has 0 radical (unpaired) electrons. The maximum absolute atomic E-state index is 16.0. The molecule has 0 aliphatic heterocycles. The smallest absolute Gasteiger partial charge is 0.465 e. The Morgan fingerprint density at radius 3 is 1.84 bits per heavy atom. The van der Waals surface area contributed by atoms with Crippen molar-refractivity contribution in [3.63, 3.8) is 0 Å². The van der Waals surface area contributed by atoms with Gasteiger partial charge in [0.1, 0.15) is 43.9 Å². The second-order valence-corrected chi connectivity index (χ2v) is 31.9. The summed E-state index contributed by atoms with van der Waals surface area (Å²) in [4.78, 5) is 83.2. The molecule has 0 fully saturated rings. The van der Waals surface area contributed by atoms with Crippen LogP contribution in [0.2, 0.25) is 5.02 Å². The molecule has 3 N–H and O–H groups in total. The number of rotatable bonds is 54. The van der Waals surface area contributed by atoms with Gasteiger partial charge in [-0.2, -0.15) is 0 Å². The number of esters is 2. The van der Waals surface area contributed by atoms with E-state index < -0.39 is 83.3 Å². The van der Waals surface area contributed by atoms with Gasteiger partial charge >= 0.3 is 25.9 Å². The van der Waals surface area contributed by atoms with E-state index in [1.807, 2.05) is 27.2 Å². The lowest BCUT2D eigenvalue weighted by molar-refractivity contribution is -0.870. The van der Waals surface area contributed by atoms with Crippen LogP contribution in [0.15, 0.2) is 67.0 Å². The Labute approximate surface area is 588 Å². The van der Waals surface area contributed by atoms with Crippen LogP contribution in [-0.4, -0.2) is 141 Å². The van der Waals surface area contributed by atoms with E-state index in [0.717, 1.165) is 74.3 Å². The third-order valence-electron chi connectivity index (χ3n) is 16.0. The zero-order chi connectivity index (χ0) is 70.9. The van der Waals surface area contributed by atoms with Gasteiger partial charge in [0.2, 0.25) is 21.7 Å². The highest BCUT2D eigenvalue weighted by atomic mass is 35.5. The zero-order valence-corrected chi connectivity index (χ0v) is 62.2. The lowest BCUT2D eigenvalue weighted by Gasteiger charge is -2.27. The number of halogens is 3. The number of likely N-dealkylation sites (N-methyl/N-ethyl adjacent to an activating group) is 1. The van der Waals surface area contributed by atoms with E-state index in [9.17, 15) is 41.8 Å². The van der Waals surface area contributed by atoms with Crippen LogP contribution in [-0.2, 0) is 52.2 Å². The lowest BCUT2D eigenvalue weighted by Crippen LogP contribution is -2.47. The Hall–Kier alpha value is -4.91.